The molecule has 2 aromatic carbocycles. The molecule has 2 nitrogen and oxygen atoms in total. The molecule has 0 bridgehead atoms. The Kier molecular flexibility index (Phi) is 4.55. The van der Waals surface area contributed by atoms with Crippen LogP contribution in [0.2, 0.25) is 0 Å². The van der Waals surface area contributed by atoms with Gasteiger partial charge in [-0.1, -0.05) is 40.2 Å². The molecular weight excluding hydrogens is 396 g/mol. The second kappa shape index (κ2) is 6.41. The lowest BCUT2D eigenvalue weighted by Gasteiger charge is -2.19. The van der Waals surface area contributed by atoms with E-state index in [1.165, 1.54) is 11.1 Å². The molecule has 0 spiro atoms. The fourth-order valence-corrected chi connectivity index (χ4v) is 3.64. The van der Waals surface area contributed by atoms with Gasteiger partial charge in [0.1, 0.15) is 17.6 Å². The lowest BCUT2D eigenvalue weighted by molar-refractivity contribution is 0.231. The van der Waals surface area contributed by atoms with E-state index in [0.29, 0.717) is 6.61 Å². The first kappa shape index (κ1) is 14.9. The molecule has 2 aromatic rings. The van der Waals surface area contributed by atoms with Crippen LogP contribution < -0.4 is 9.47 Å². The number of para-hydroxylation sites is 1. The largest absolute Gasteiger partial charge is 0.493 e. The summed E-state index contributed by atoms with van der Waals surface area (Å²) in [6.07, 6.45) is 1.05. The minimum atomic E-state index is 0.118. The minimum Gasteiger partial charge on any atom is -0.493 e. The molecule has 1 aliphatic heterocycles. The van der Waals surface area contributed by atoms with Gasteiger partial charge in [0, 0.05) is 6.42 Å². The van der Waals surface area contributed by atoms with Gasteiger partial charge in [-0.3, -0.25) is 0 Å². The third kappa shape index (κ3) is 3.11. The van der Waals surface area contributed by atoms with Crippen molar-refractivity contribution < 1.29 is 9.47 Å². The molecule has 3 rings (SSSR count). The predicted molar refractivity (Wildman–Crippen MR) is 91.5 cm³/mol. The summed E-state index contributed by atoms with van der Waals surface area (Å²) >= 11 is 7.35. The molecule has 0 radical (unpaired) electrons. The van der Waals surface area contributed by atoms with E-state index in [2.05, 4.69) is 56.1 Å². The molecule has 0 aromatic heterocycles. The van der Waals surface area contributed by atoms with Crippen LogP contribution in [0.4, 0.5) is 0 Å². The van der Waals surface area contributed by atoms with Crippen LogP contribution in [-0.4, -0.2) is 12.7 Å². The average molecular weight is 412 g/mol. The van der Waals surface area contributed by atoms with Crippen LogP contribution in [-0.2, 0) is 6.42 Å². The van der Waals surface area contributed by atoms with Crippen LogP contribution >= 0.6 is 31.9 Å². The summed E-state index contributed by atoms with van der Waals surface area (Å²) in [4.78, 5) is 0.150. The van der Waals surface area contributed by atoms with E-state index in [0.717, 1.165) is 22.4 Å². The number of hydrogen-bond donors (Lipinski definition) is 0. The molecule has 1 aliphatic rings. The van der Waals surface area contributed by atoms with Crippen molar-refractivity contribution in [2.45, 2.75) is 24.3 Å². The summed E-state index contributed by atoms with van der Waals surface area (Å²) in [5.74, 6) is 1.87. The molecule has 0 saturated carbocycles. The van der Waals surface area contributed by atoms with Gasteiger partial charge in [-0.2, -0.15) is 0 Å². The van der Waals surface area contributed by atoms with E-state index in [4.69, 9.17) is 9.47 Å². The van der Waals surface area contributed by atoms with Crippen LogP contribution in [0.5, 0.6) is 11.5 Å². The molecule has 2 unspecified atom stereocenters. The summed E-state index contributed by atoms with van der Waals surface area (Å²) in [5.41, 5.74) is 2.46. The molecular formula is C17H16Br2O2. The van der Waals surface area contributed by atoms with Gasteiger partial charge in [0.25, 0.3) is 0 Å². The summed E-state index contributed by atoms with van der Waals surface area (Å²) < 4.78 is 12.6. The number of alkyl halides is 1. The Morgan fingerprint density at radius 3 is 2.81 bits per heavy atom. The van der Waals surface area contributed by atoms with Gasteiger partial charge >= 0.3 is 0 Å². The molecule has 21 heavy (non-hydrogen) atoms. The molecule has 2 atom stereocenters. The number of halogens is 2. The van der Waals surface area contributed by atoms with E-state index >= 15 is 0 Å². The zero-order valence-electron chi connectivity index (χ0n) is 11.7. The SMILES string of the molecule is CCOc1ccc(C(Br)C2Cc3ccccc3O2)cc1Br. The van der Waals surface area contributed by atoms with Gasteiger partial charge in [-0.15, -0.1) is 0 Å². The highest BCUT2D eigenvalue weighted by atomic mass is 79.9. The van der Waals surface area contributed by atoms with Crippen LogP contribution in [0.1, 0.15) is 22.9 Å². The molecule has 0 aliphatic carbocycles. The zero-order valence-corrected chi connectivity index (χ0v) is 14.9. The second-order valence-electron chi connectivity index (χ2n) is 4.99. The smallest absolute Gasteiger partial charge is 0.133 e. The van der Waals surface area contributed by atoms with E-state index in [9.17, 15) is 0 Å². The maximum absolute atomic E-state index is 6.05. The maximum atomic E-state index is 6.05. The van der Waals surface area contributed by atoms with Crippen molar-refractivity contribution in [3.05, 3.63) is 58.1 Å². The first-order valence-electron chi connectivity index (χ1n) is 7.00. The molecule has 0 fully saturated rings. The maximum Gasteiger partial charge on any atom is 0.133 e. The molecule has 0 amide bonds. The predicted octanol–water partition coefficient (Wildman–Crippen LogP) is 5.29. The average Bonchev–Trinajstić information content (AvgIpc) is 2.92. The Balaban J connectivity index is 1.77. The third-order valence-corrected chi connectivity index (χ3v) is 5.31. The number of ether oxygens (including phenoxy) is 2. The van der Waals surface area contributed by atoms with Crippen molar-refractivity contribution in [2.75, 3.05) is 6.61 Å². The Bertz CT molecular complexity index is 617. The van der Waals surface area contributed by atoms with Gasteiger partial charge in [-0.25, -0.2) is 0 Å². The fourth-order valence-electron chi connectivity index (χ4n) is 2.55. The molecule has 1 heterocycles. The topological polar surface area (TPSA) is 18.5 Å². The standard InChI is InChI=1S/C17H16Br2O2/c1-2-20-15-8-7-12(9-13(15)18)17(19)16-10-11-5-3-4-6-14(11)21-16/h3-9,16-17H,2,10H2,1H3. The minimum absolute atomic E-state index is 0.118. The zero-order chi connectivity index (χ0) is 14.8. The van der Waals surface area contributed by atoms with Crippen molar-refractivity contribution in [1.29, 1.82) is 0 Å². The van der Waals surface area contributed by atoms with Crippen LogP contribution in [0.3, 0.4) is 0 Å². The van der Waals surface area contributed by atoms with Crippen molar-refractivity contribution in [2.24, 2.45) is 0 Å². The van der Waals surface area contributed by atoms with Gasteiger partial charge in [-0.05, 0) is 52.2 Å². The Labute approximate surface area is 141 Å². The number of rotatable bonds is 4. The molecule has 4 heteroatoms. The first-order chi connectivity index (χ1) is 10.2. The summed E-state index contributed by atoms with van der Waals surface area (Å²) in [5, 5.41) is 0. The van der Waals surface area contributed by atoms with Gasteiger partial charge in [0.2, 0.25) is 0 Å². The van der Waals surface area contributed by atoms with Gasteiger partial charge in [0.05, 0.1) is 15.9 Å². The Morgan fingerprint density at radius 2 is 2.10 bits per heavy atom. The van der Waals surface area contributed by atoms with Crippen LogP contribution in [0, 0.1) is 0 Å². The van der Waals surface area contributed by atoms with Crippen molar-refractivity contribution >= 4 is 31.9 Å². The van der Waals surface area contributed by atoms with Crippen molar-refractivity contribution in [3.63, 3.8) is 0 Å². The van der Waals surface area contributed by atoms with Crippen LogP contribution in [0.25, 0.3) is 0 Å². The second-order valence-corrected chi connectivity index (χ2v) is 6.83. The number of hydrogen-bond acceptors (Lipinski definition) is 2. The first-order valence-corrected chi connectivity index (χ1v) is 8.70. The highest BCUT2D eigenvalue weighted by Gasteiger charge is 2.29. The normalized spacial score (nSPS) is 18.0. The Hall–Kier alpha value is -1.00. The Morgan fingerprint density at radius 1 is 1.29 bits per heavy atom. The molecule has 0 N–H and O–H groups in total. The van der Waals surface area contributed by atoms with E-state index in [-0.39, 0.29) is 10.9 Å². The molecule has 0 saturated heterocycles. The summed E-state index contributed by atoms with van der Waals surface area (Å²) in [7, 11) is 0. The fraction of sp³-hybridized carbons (Fsp3) is 0.294. The highest BCUT2D eigenvalue weighted by Crippen LogP contribution is 2.40. The third-order valence-electron chi connectivity index (χ3n) is 3.57. The summed E-state index contributed by atoms with van der Waals surface area (Å²) in [6.45, 7) is 2.65. The quantitative estimate of drug-likeness (QED) is 0.636. The van der Waals surface area contributed by atoms with Gasteiger partial charge < -0.3 is 9.47 Å². The number of fused-ring (bicyclic) bond motifs is 1. The van der Waals surface area contributed by atoms with Crippen LogP contribution in [0.15, 0.2) is 46.9 Å². The van der Waals surface area contributed by atoms with Gasteiger partial charge in [0.15, 0.2) is 0 Å². The van der Waals surface area contributed by atoms with E-state index in [1.807, 2.05) is 25.1 Å². The highest BCUT2D eigenvalue weighted by molar-refractivity contribution is 9.10. The van der Waals surface area contributed by atoms with E-state index in [1.54, 1.807) is 0 Å². The van der Waals surface area contributed by atoms with Crippen molar-refractivity contribution in [3.8, 4) is 11.5 Å². The lowest BCUT2D eigenvalue weighted by Crippen LogP contribution is -2.19. The lowest BCUT2D eigenvalue weighted by atomic mass is 10.0. The molecule has 110 valence electrons. The number of benzene rings is 2. The summed E-state index contributed by atoms with van der Waals surface area (Å²) in [6, 6.07) is 14.4. The monoisotopic (exact) mass is 410 g/mol. The van der Waals surface area contributed by atoms with Crippen molar-refractivity contribution in [1.82, 2.24) is 0 Å². The van der Waals surface area contributed by atoms with E-state index < -0.39 is 0 Å².